The van der Waals surface area contributed by atoms with E-state index in [0.717, 1.165) is 22.3 Å². The minimum Gasteiger partial charge on any atom is -0.741 e. The first-order valence-corrected chi connectivity index (χ1v) is 9.16. The summed E-state index contributed by atoms with van der Waals surface area (Å²) in [5.41, 5.74) is -2.54. The summed E-state index contributed by atoms with van der Waals surface area (Å²) in [5, 5.41) is 11.3. The number of nitrogens with zero attached hydrogens (tertiary/aromatic N) is 4. The zero-order valence-electron chi connectivity index (χ0n) is 14.1. The Morgan fingerprint density at radius 1 is 1.36 bits per heavy atom. The molecule has 0 aliphatic carbocycles. The highest BCUT2D eigenvalue weighted by Gasteiger charge is 2.36. The molecule has 13 heteroatoms. The van der Waals surface area contributed by atoms with E-state index in [4.69, 9.17) is 31.6 Å². The molecule has 148 valence electrons. The zero-order valence-corrected chi connectivity index (χ0v) is 15.8. The largest absolute Gasteiger partial charge is 0.741 e. The molecule has 0 atom stereocenters. The van der Waals surface area contributed by atoms with E-state index in [9.17, 15) is 13.2 Å². The Morgan fingerprint density at radius 2 is 2.00 bits per heavy atom. The van der Waals surface area contributed by atoms with Crippen molar-refractivity contribution in [3.05, 3.63) is 40.8 Å². The summed E-state index contributed by atoms with van der Waals surface area (Å²) in [6.45, 7) is 2.59. The molecular weight excluding hydrogens is 419 g/mol. The van der Waals surface area contributed by atoms with Gasteiger partial charge in [0, 0.05) is 24.4 Å². The van der Waals surface area contributed by atoms with Crippen molar-refractivity contribution in [3.63, 3.8) is 0 Å². The van der Waals surface area contributed by atoms with Crippen molar-refractivity contribution in [1.29, 1.82) is 0 Å². The maximum Gasteiger partial charge on any atom is 0.485 e. The Labute approximate surface area is 162 Å². The van der Waals surface area contributed by atoms with Crippen LogP contribution in [0.3, 0.4) is 0 Å². The van der Waals surface area contributed by atoms with Crippen LogP contribution in [0, 0.1) is 24.0 Å². The van der Waals surface area contributed by atoms with Crippen LogP contribution in [-0.2, 0) is 16.7 Å². The molecule has 2 heterocycles. The van der Waals surface area contributed by atoms with Gasteiger partial charge >= 0.3 is 5.51 Å². The van der Waals surface area contributed by atoms with Crippen LogP contribution in [0.15, 0.2) is 30.3 Å². The molecule has 3 aromatic rings. The molecule has 0 saturated heterocycles. The molecule has 1 N–H and O–H groups in total. The second-order valence-electron chi connectivity index (χ2n) is 5.33. The highest BCUT2D eigenvalue weighted by Crippen LogP contribution is 2.20. The van der Waals surface area contributed by atoms with Gasteiger partial charge in [-0.3, -0.25) is 0 Å². The van der Waals surface area contributed by atoms with Crippen molar-refractivity contribution in [2.24, 2.45) is 0 Å². The van der Waals surface area contributed by atoms with Crippen LogP contribution in [0.25, 0.3) is 16.6 Å². The van der Waals surface area contributed by atoms with Gasteiger partial charge in [0.2, 0.25) is 16.8 Å². The Kier molecular flexibility index (Phi) is 6.17. The molecule has 0 fully saturated rings. The van der Waals surface area contributed by atoms with Gasteiger partial charge in [0.15, 0.2) is 15.8 Å². The van der Waals surface area contributed by atoms with Crippen molar-refractivity contribution in [2.75, 3.05) is 0 Å². The van der Waals surface area contributed by atoms with Crippen LogP contribution in [-0.4, -0.2) is 38.7 Å². The van der Waals surface area contributed by atoms with Crippen molar-refractivity contribution in [2.45, 2.75) is 19.0 Å². The maximum absolute atomic E-state index is 10.7. The number of hydrogen-bond donors (Lipinski definition) is 1. The number of pyridine rings is 1. The SMILES string of the molecule is C#CC[n+]1c(C)ccc2cc(-n3[nH]nnc3=S)ccc21.O=S(=O)([O-])C(F)(F)F. The van der Waals surface area contributed by atoms with E-state index in [2.05, 4.69) is 32.1 Å². The van der Waals surface area contributed by atoms with E-state index >= 15 is 0 Å². The highest BCUT2D eigenvalue weighted by molar-refractivity contribution is 7.86. The normalized spacial score (nSPS) is 11.6. The summed E-state index contributed by atoms with van der Waals surface area (Å²) in [6, 6.07) is 10.1. The predicted molar refractivity (Wildman–Crippen MR) is 93.6 cm³/mol. The highest BCUT2D eigenvalue weighted by atomic mass is 32.2. The lowest BCUT2D eigenvalue weighted by molar-refractivity contribution is -0.664. The smallest absolute Gasteiger partial charge is 0.485 e. The molecule has 0 unspecified atom stereocenters. The van der Waals surface area contributed by atoms with Crippen LogP contribution in [0.5, 0.6) is 0 Å². The Morgan fingerprint density at radius 3 is 2.50 bits per heavy atom. The molecule has 0 saturated carbocycles. The molecule has 0 spiro atoms. The Hall–Kier alpha value is -2.82. The molecule has 0 bridgehead atoms. The van der Waals surface area contributed by atoms with E-state index in [1.165, 1.54) is 0 Å². The molecule has 1 aromatic carbocycles. The third-order valence-corrected chi connectivity index (χ3v) is 4.33. The van der Waals surface area contributed by atoms with Crippen molar-refractivity contribution < 1.29 is 30.7 Å². The van der Waals surface area contributed by atoms with E-state index in [1.807, 2.05) is 31.2 Å². The molecule has 3 rings (SSSR count). The zero-order chi connectivity index (χ0) is 21.1. The number of rotatable bonds is 2. The van der Waals surface area contributed by atoms with Crippen LogP contribution in [0.2, 0.25) is 0 Å². The van der Waals surface area contributed by atoms with Crippen LogP contribution in [0.4, 0.5) is 13.2 Å². The number of fused-ring (bicyclic) bond motifs is 1. The average molecular weight is 431 g/mol. The maximum atomic E-state index is 10.7. The van der Waals surface area contributed by atoms with Gasteiger partial charge in [-0.2, -0.15) is 23.0 Å². The van der Waals surface area contributed by atoms with Crippen molar-refractivity contribution in [3.8, 4) is 18.0 Å². The first-order valence-electron chi connectivity index (χ1n) is 7.35. The second kappa shape index (κ2) is 8.05. The molecule has 28 heavy (non-hydrogen) atoms. The second-order valence-corrected chi connectivity index (χ2v) is 7.06. The van der Waals surface area contributed by atoms with Crippen LogP contribution < -0.4 is 4.57 Å². The standard InChI is InChI=1S/C14H11N5S.CHF3O3S/c1-3-8-18-10(2)4-5-11-9-12(6-7-13(11)18)19-14(20)15-16-17-19;2-1(3,4)8(5,6)7/h1,4-7,9H,8H2,2H3;(H,5,6,7). The Bertz CT molecular complexity index is 1210. The quantitative estimate of drug-likeness (QED) is 0.218. The number of halogens is 3. The van der Waals surface area contributed by atoms with Gasteiger partial charge in [0.25, 0.3) is 0 Å². The molecule has 0 amide bonds. The van der Waals surface area contributed by atoms with Gasteiger partial charge in [-0.15, -0.1) is 6.42 Å². The lowest BCUT2D eigenvalue weighted by Crippen LogP contribution is -2.37. The topological polar surface area (TPSA) is 108 Å². The number of alkyl halides is 3. The first kappa shape index (κ1) is 21.5. The van der Waals surface area contributed by atoms with Gasteiger partial charge in [0.05, 0.1) is 5.69 Å². The lowest BCUT2D eigenvalue weighted by atomic mass is 10.1. The van der Waals surface area contributed by atoms with Crippen LogP contribution in [0.1, 0.15) is 5.69 Å². The molecule has 0 aliphatic rings. The fourth-order valence-corrected chi connectivity index (χ4v) is 2.40. The number of aryl methyl sites for hydroxylation is 1. The monoisotopic (exact) mass is 431 g/mol. The fraction of sp³-hybridized carbons (Fsp3) is 0.200. The number of tetrazole rings is 1. The average Bonchev–Trinajstić information content (AvgIpc) is 3.02. The lowest BCUT2D eigenvalue weighted by Gasteiger charge is -2.08. The van der Waals surface area contributed by atoms with Crippen molar-refractivity contribution >= 4 is 33.2 Å². The summed E-state index contributed by atoms with van der Waals surface area (Å²) < 4.78 is 63.1. The molecule has 0 radical (unpaired) electrons. The van der Waals surface area contributed by atoms with Crippen molar-refractivity contribution in [1.82, 2.24) is 20.2 Å². The minimum atomic E-state index is -6.09. The van der Waals surface area contributed by atoms with Gasteiger partial charge in [-0.1, -0.05) is 10.3 Å². The van der Waals surface area contributed by atoms with Gasteiger partial charge in [-0.25, -0.2) is 13.1 Å². The minimum absolute atomic E-state index is 0.396. The number of hydrogen-bond acceptors (Lipinski definition) is 6. The fourth-order valence-electron chi connectivity index (χ4n) is 2.22. The van der Waals surface area contributed by atoms with Crippen LogP contribution >= 0.6 is 12.2 Å². The number of aromatic nitrogens is 5. The number of H-pyrrole nitrogens is 1. The number of aromatic amines is 1. The van der Waals surface area contributed by atoms with Gasteiger partial charge < -0.3 is 4.55 Å². The molecule has 8 nitrogen and oxygen atoms in total. The molecular formula is C15H12F3N5O3S2. The first-order chi connectivity index (χ1) is 13.0. The third-order valence-electron chi connectivity index (χ3n) is 3.49. The van der Waals surface area contributed by atoms with Gasteiger partial charge in [-0.05, 0) is 36.3 Å². The Balaban J connectivity index is 0.000000300. The number of terminal acetylenes is 1. The summed E-state index contributed by atoms with van der Waals surface area (Å²) in [4.78, 5) is 0. The summed E-state index contributed by atoms with van der Waals surface area (Å²) in [6.07, 6.45) is 5.44. The van der Waals surface area contributed by atoms with E-state index in [-0.39, 0.29) is 0 Å². The van der Waals surface area contributed by atoms with Gasteiger partial charge in [0.1, 0.15) is 0 Å². The number of nitrogens with one attached hydrogen (secondary N) is 1. The number of benzene rings is 1. The summed E-state index contributed by atoms with van der Waals surface area (Å²) >= 11 is 5.10. The van der Waals surface area contributed by atoms with E-state index < -0.39 is 15.6 Å². The third kappa shape index (κ3) is 4.71. The predicted octanol–water partition coefficient (Wildman–Crippen LogP) is 1.76. The molecule has 0 aliphatic heterocycles. The van der Waals surface area contributed by atoms with E-state index in [1.54, 1.807) is 4.68 Å². The summed E-state index contributed by atoms with van der Waals surface area (Å²) in [5.74, 6) is 2.68. The summed E-state index contributed by atoms with van der Waals surface area (Å²) in [7, 11) is -6.09. The molecule has 2 aromatic heterocycles. The van der Waals surface area contributed by atoms with E-state index in [0.29, 0.717) is 11.3 Å².